The van der Waals surface area contributed by atoms with Crippen LogP contribution in [0.3, 0.4) is 0 Å². The maximum absolute atomic E-state index is 12.6. The highest BCUT2D eigenvalue weighted by Crippen LogP contribution is 2.40. The molecule has 1 saturated heterocycles. The summed E-state index contributed by atoms with van der Waals surface area (Å²) in [6.45, 7) is 2.02. The average molecular weight is 494 g/mol. The number of sulfone groups is 1. The monoisotopic (exact) mass is 493 g/mol. The molecule has 0 bridgehead atoms. The number of benzene rings is 2. The Balaban J connectivity index is 1.49. The van der Waals surface area contributed by atoms with Crippen molar-refractivity contribution < 1.29 is 18.6 Å². The van der Waals surface area contributed by atoms with Crippen LogP contribution in [0.15, 0.2) is 46.9 Å². The first-order valence-corrected chi connectivity index (χ1v) is 13.0. The second-order valence-corrected chi connectivity index (χ2v) is 11.8. The first-order chi connectivity index (χ1) is 14.2. The van der Waals surface area contributed by atoms with Crippen molar-refractivity contribution in [3.05, 3.63) is 63.6 Å². The van der Waals surface area contributed by atoms with Gasteiger partial charge in [-0.15, -0.1) is 0 Å². The largest absolute Gasteiger partial charge is 0.507 e. The Morgan fingerprint density at radius 2 is 1.93 bits per heavy atom. The van der Waals surface area contributed by atoms with E-state index < -0.39 is 27.9 Å². The summed E-state index contributed by atoms with van der Waals surface area (Å²) >= 11 is 3.30. The number of aliphatic hydroxyl groups is 1. The number of rotatable bonds is 6. The van der Waals surface area contributed by atoms with Crippen molar-refractivity contribution in [2.45, 2.75) is 50.3 Å². The van der Waals surface area contributed by atoms with E-state index in [0.29, 0.717) is 16.8 Å². The third-order valence-corrected chi connectivity index (χ3v) is 8.67. The van der Waals surface area contributed by atoms with Crippen LogP contribution >= 0.6 is 15.9 Å². The van der Waals surface area contributed by atoms with E-state index in [0.717, 1.165) is 11.1 Å². The van der Waals surface area contributed by atoms with Crippen molar-refractivity contribution in [1.82, 2.24) is 5.32 Å². The number of hydrogen-bond donors (Lipinski definition) is 3. The Bertz CT molecular complexity index is 1020. The summed E-state index contributed by atoms with van der Waals surface area (Å²) in [5.41, 5.74) is 3.34. The second-order valence-electron chi connectivity index (χ2n) is 8.76. The molecule has 0 radical (unpaired) electrons. The number of nitrogens with one attached hydrogen (secondary N) is 1. The number of phenols is 1. The minimum atomic E-state index is -3.28. The van der Waals surface area contributed by atoms with E-state index in [9.17, 15) is 18.6 Å². The summed E-state index contributed by atoms with van der Waals surface area (Å²) < 4.78 is 25.8. The van der Waals surface area contributed by atoms with Gasteiger partial charge in [0.25, 0.3) is 0 Å². The topological polar surface area (TPSA) is 86.6 Å². The predicted octanol–water partition coefficient (Wildman–Crippen LogP) is 3.70. The van der Waals surface area contributed by atoms with Crippen LogP contribution in [-0.4, -0.2) is 42.3 Å². The molecule has 30 heavy (non-hydrogen) atoms. The van der Waals surface area contributed by atoms with Crippen LogP contribution in [0.25, 0.3) is 0 Å². The Hall–Kier alpha value is -1.41. The summed E-state index contributed by atoms with van der Waals surface area (Å²) in [6.07, 6.45) is 2.14. The maximum Gasteiger partial charge on any atom is 0.152 e. The molecular formula is C23H28BrNO4S. The molecule has 4 rings (SSSR count). The van der Waals surface area contributed by atoms with E-state index in [-0.39, 0.29) is 23.3 Å². The van der Waals surface area contributed by atoms with Gasteiger partial charge in [0.1, 0.15) is 5.75 Å². The summed E-state index contributed by atoms with van der Waals surface area (Å²) in [4.78, 5) is 0. The Morgan fingerprint density at radius 3 is 2.63 bits per heavy atom. The number of phenolic OH excluding ortho intramolecular Hbond substituents is 1. The van der Waals surface area contributed by atoms with Crippen LogP contribution in [0.5, 0.6) is 5.75 Å². The molecule has 1 saturated carbocycles. The van der Waals surface area contributed by atoms with Gasteiger partial charge in [-0.3, -0.25) is 0 Å². The quantitative estimate of drug-likeness (QED) is 0.570. The zero-order valence-electron chi connectivity index (χ0n) is 17.0. The summed E-state index contributed by atoms with van der Waals surface area (Å²) in [7, 11) is -3.28. The second kappa shape index (κ2) is 8.61. The fraction of sp³-hybridized carbons (Fsp3) is 0.478. The molecule has 1 aliphatic heterocycles. The van der Waals surface area contributed by atoms with Gasteiger partial charge in [-0.05, 0) is 76.9 Å². The molecule has 0 unspecified atom stereocenters. The Morgan fingerprint density at radius 1 is 1.17 bits per heavy atom. The van der Waals surface area contributed by atoms with Crippen LogP contribution in [0.1, 0.15) is 48.4 Å². The molecule has 1 aliphatic carbocycles. The first-order valence-electron chi connectivity index (χ1n) is 10.4. The number of aromatic hydroxyl groups is 1. The van der Waals surface area contributed by atoms with E-state index in [1.807, 2.05) is 6.92 Å². The van der Waals surface area contributed by atoms with E-state index in [4.69, 9.17) is 0 Å². The van der Waals surface area contributed by atoms with Crippen molar-refractivity contribution in [3.8, 4) is 5.75 Å². The molecule has 162 valence electrons. The standard InChI is InChI=1S/C23H28BrNO4S/c1-14(17-3-2-4-18(11-17)16-6-7-16)25-21-13-30(28,29)12-19(23(21)27)9-15-5-8-22(26)20(24)10-15/h2-5,8,10-11,14,16,19,21,23,25-27H,6-7,9,12-13H2,1H3/t14-,19+,21-,23-/m0/s1. The molecule has 5 nitrogen and oxygen atoms in total. The molecular weight excluding hydrogens is 466 g/mol. The van der Waals surface area contributed by atoms with Crippen molar-refractivity contribution in [3.63, 3.8) is 0 Å². The molecule has 2 aliphatic rings. The highest BCUT2D eigenvalue weighted by Gasteiger charge is 2.40. The lowest BCUT2D eigenvalue weighted by Crippen LogP contribution is -2.55. The molecule has 2 aromatic rings. The van der Waals surface area contributed by atoms with E-state index in [1.54, 1.807) is 18.2 Å². The van der Waals surface area contributed by atoms with Gasteiger partial charge in [-0.25, -0.2) is 8.42 Å². The van der Waals surface area contributed by atoms with Gasteiger partial charge in [-0.1, -0.05) is 30.3 Å². The Labute approximate surface area is 186 Å². The molecule has 0 spiro atoms. The summed E-state index contributed by atoms with van der Waals surface area (Å²) in [6, 6.07) is 13.0. The maximum atomic E-state index is 12.6. The Kier molecular flexibility index (Phi) is 6.26. The van der Waals surface area contributed by atoms with Gasteiger partial charge in [0.2, 0.25) is 0 Å². The highest BCUT2D eigenvalue weighted by atomic mass is 79.9. The fourth-order valence-electron chi connectivity index (χ4n) is 4.42. The highest BCUT2D eigenvalue weighted by molar-refractivity contribution is 9.10. The number of aliphatic hydroxyl groups excluding tert-OH is 1. The van der Waals surface area contributed by atoms with Gasteiger partial charge in [-0.2, -0.15) is 0 Å². The van der Waals surface area contributed by atoms with Crippen LogP contribution < -0.4 is 5.32 Å². The average Bonchev–Trinajstić information content (AvgIpc) is 3.53. The third kappa shape index (κ3) is 5.07. The first kappa shape index (κ1) is 21.8. The van der Waals surface area contributed by atoms with Crippen molar-refractivity contribution >= 4 is 25.8 Å². The van der Waals surface area contributed by atoms with Crippen molar-refractivity contribution in [2.75, 3.05) is 11.5 Å². The van der Waals surface area contributed by atoms with E-state index in [1.165, 1.54) is 18.4 Å². The van der Waals surface area contributed by atoms with Crippen molar-refractivity contribution in [1.29, 1.82) is 0 Å². The molecule has 7 heteroatoms. The van der Waals surface area contributed by atoms with E-state index in [2.05, 4.69) is 45.5 Å². The van der Waals surface area contributed by atoms with Gasteiger partial charge < -0.3 is 15.5 Å². The minimum Gasteiger partial charge on any atom is -0.507 e. The van der Waals surface area contributed by atoms with Gasteiger partial charge in [0, 0.05) is 18.0 Å². The lowest BCUT2D eigenvalue weighted by atomic mass is 9.90. The van der Waals surface area contributed by atoms with Crippen molar-refractivity contribution in [2.24, 2.45) is 5.92 Å². The lowest BCUT2D eigenvalue weighted by Gasteiger charge is -2.37. The minimum absolute atomic E-state index is 0.0314. The summed E-state index contributed by atoms with van der Waals surface area (Å²) in [5, 5.41) is 24.1. The number of halogens is 1. The zero-order valence-corrected chi connectivity index (χ0v) is 19.4. The van der Waals surface area contributed by atoms with Crippen LogP contribution in [0.2, 0.25) is 0 Å². The molecule has 4 atom stereocenters. The number of hydrogen-bond acceptors (Lipinski definition) is 5. The fourth-order valence-corrected chi connectivity index (χ4v) is 6.79. The SMILES string of the molecule is C[C@H](N[C@H]1CS(=O)(=O)C[C@@H](Cc2ccc(O)c(Br)c2)[C@@H]1O)c1cccc(C2CC2)c1. The molecule has 0 aromatic heterocycles. The van der Waals surface area contributed by atoms with Gasteiger partial charge in [0.15, 0.2) is 9.84 Å². The normalized spacial score (nSPS) is 27.0. The molecule has 2 fully saturated rings. The smallest absolute Gasteiger partial charge is 0.152 e. The summed E-state index contributed by atoms with van der Waals surface area (Å²) in [5.74, 6) is 0.305. The third-order valence-electron chi connectivity index (χ3n) is 6.23. The van der Waals surface area contributed by atoms with Gasteiger partial charge >= 0.3 is 0 Å². The zero-order chi connectivity index (χ0) is 21.5. The van der Waals surface area contributed by atoms with Crippen LogP contribution in [0, 0.1) is 5.92 Å². The van der Waals surface area contributed by atoms with Gasteiger partial charge in [0.05, 0.1) is 22.1 Å². The molecule has 2 aromatic carbocycles. The molecule has 1 heterocycles. The van der Waals surface area contributed by atoms with Crippen LogP contribution in [-0.2, 0) is 16.3 Å². The lowest BCUT2D eigenvalue weighted by molar-refractivity contribution is 0.0748. The predicted molar refractivity (Wildman–Crippen MR) is 121 cm³/mol. The van der Waals surface area contributed by atoms with E-state index >= 15 is 0 Å². The molecule has 0 amide bonds. The van der Waals surface area contributed by atoms with Crippen LogP contribution in [0.4, 0.5) is 0 Å². The molecule has 3 N–H and O–H groups in total.